The van der Waals surface area contributed by atoms with Gasteiger partial charge in [-0.1, -0.05) is 13.0 Å². The number of rotatable bonds is 4. The maximum Gasteiger partial charge on any atom is 0.270 e. The maximum atomic E-state index is 12.6. The van der Waals surface area contributed by atoms with Crippen LogP contribution in [-0.2, 0) is 16.4 Å². The molecule has 0 aromatic heterocycles. The molecule has 2 N–H and O–H groups in total. The number of benzene rings is 1. The van der Waals surface area contributed by atoms with Crippen LogP contribution in [0.25, 0.3) is 0 Å². The summed E-state index contributed by atoms with van der Waals surface area (Å²) in [7, 11) is -3.72. The van der Waals surface area contributed by atoms with Crippen molar-refractivity contribution in [1.29, 1.82) is 0 Å². The second-order valence-corrected chi connectivity index (χ2v) is 6.72. The third-order valence-electron chi connectivity index (χ3n) is 3.45. The number of nitrogens with zero attached hydrogens (tertiary/aromatic N) is 2. The SMILES string of the molecule is CCc1ccc([N+](=O)[O-])cc1S(=O)(=O)N1CC[C@@H](N)C1. The van der Waals surface area contributed by atoms with Crippen molar-refractivity contribution >= 4 is 15.7 Å². The summed E-state index contributed by atoms with van der Waals surface area (Å²) >= 11 is 0. The Balaban J connectivity index is 2.49. The largest absolute Gasteiger partial charge is 0.326 e. The molecule has 0 radical (unpaired) electrons. The summed E-state index contributed by atoms with van der Waals surface area (Å²) in [5, 5.41) is 10.8. The van der Waals surface area contributed by atoms with Crippen LogP contribution in [-0.4, -0.2) is 36.8 Å². The lowest BCUT2D eigenvalue weighted by Gasteiger charge is -2.18. The lowest BCUT2D eigenvalue weighted by atomic mass is 10.1. The second kappa shape index (κ2) is 5.47. The number of aryl methyl sites for hydroxylation is 1. The van der Waals surface area contributed by atoms with Gasteiger partial charge in [-0.15, -0.1) is 0 Å². The Kier molecular flexibility index (Phi) is 4.07. The molecule has 1 saturated heterocycles. The van der Waals surface area contributed by atoms with Crippen LogP contribution in [0.4, 0.5) is 5.69 Å². The number of sulfonamides is 1. The highest BCUT2D eigenvalue weighted by atomic mass is 32.2. The summed E-state index contributed by atoms with van der Waals surface area (Å²) in [4.78, 5) is 10.3. The summed E-state index contributed by atoms with van der Waals surface area (Å²) in [5.74, 6) is 0. The molecular formula is C12H17N3O4S. The zero-order valence-electron chi connectivity index (χ0n) is 11.2. The molecule has 8 heteroatoms. The second-order valence-electron chi connectivity index (χ2n) is 4.81. The molecule has 20 heavy (non-hydrogen) atoms. The number of non-ortho nitro benzene ring substituents is 1. The van der Waals surface area contributed by atoms with E-state index in [2.05, 4.69) is 0 Å². The van der Waals surface area contributed by atoms with Crippen molar-refractivity contribution in [2.45, 2.75) is 30.7 Å². The normalized spacial score (nSPS) is 20.2. The first-order valence-corrected chi connectivity index (χ1v) is 7.83. The van der Waals surface area contributed by atoms with E-state index in [-0.39, 0.29) is 23.2 Å². The first-order valence-electron chi connectivity index (χ1n) is 6.39. The van der Waals surface area contributed by atoms with Gasteiger partial charge in [0.05, 0.1) is 9.82 Å². The van der Waals surface area contributed by atoms with E-state index in [1.807, 2.05) is 6.92 Å². The standard InChI is InChI=1S/C12H17N3O4S/c1-2-9-3-4-11(15(16)17)7-12(9)20(18,19)14-6-5-10(13)8-14/h3-4,7,10H,2,5-6,8,13H2,1H3/t10-/m1/s1. The van der Waals surface area contributed by atoms with E-state index in [0.717, 1.165) is 6.07 Å². The highest BCUT2D eigenvalue weighted by Gasteiger charge is 2.33. The fourth-order valence-electron chi connectivity index (χ4n) is 2.30. The van der Waals surface area contributed by atoms with Crippen LogP contribution in [0.3, 0.4) is 0 Å². The molecule has 1 aliphatic heterocycles. The molecule has 1 aliphatic rings. The Morgan fingerprint density at radius 3 is 2.70 bits per heavy atom. The topological polar surface area (TPSA) is 107 Å². The number of nitrogens with two attached hydrogens (primary N) is 1. The number of nitro benzene ring substituents is 1. The van der Waals surface area contributed by atoms with Crippen LogP contribution in [0.2, 0.25) is 0 Å². The fraction of sp³-hybridized carbons (Fsp3) is 0.500. The minimum atomic E-state index is -3.72. The molecule has 1 aromatic rings. The summed E-state index contributed by atoms with van der Waals surface area (Å²) < 4.78 is 26.5. The van der Waals surface area contributed by atoms with E-state index in [1.54, 1.807) is 0 Å². The molecule has 0 saturated carbocycles. The Bertz CT molecular complexity index is 630. The quantitative estimate of drug-likeness (QED) is 0.656. The number of hydrogen-bond donors (Lipinski definition) is 1. The fourth-order valence-corrected chi connectivity index (χ4v) is 4.13. The summed E-state index contributed by atoms with van der Waals surface area (Å²) in [6.45, 7) is 2.43. The zero-order valence-corrected chi connectivity index (χ0v) is 12.0. The van der Waals surface area contributed by atoms with Gasteiger partial charge in [0.25, 0.3) is 5.69 Å². The van der Waals surface area contributed by atoms with Crippen molar-refractivity contribution in [3.05, 3.63) is 33.9 Å². The van der Waals surface area contributed by atoms with E-state index < -0.39 is 14.9 Å². The van der Waals surface area contributed by atoms with E-state index in [4.69, 9.17) is 5.73 Å². The van der Waals surface area contributed by atoms with Gasteiger partial charge in [0.2, 0.25) is 10.0 Å². The average Bonchev–Trinajstić information content (AvgIpc) is 2.85. The molecule has 1 fully saturated rings. The lowest BCUT2D eigenvalue weighted by Crippen LogP contribution is -2.32. The van der Waals surface area contributed by atoms with E-state index >= 15 is 0 Å². The molecule has 0 aliphatic carbocycles. The van der Waals surface area contributed by atoms with E-state index in [9.17, 15) is 18.5 Å². The van der Waals surface area contributed by atoms with Crippen LogP contribution < -0.4 is 5.73 Å². The van der Waals surface area contributed by atoms with Crippen LogP contribution in [0, 0.1) is 10.1 Å². The molecule has 0 amide bonds. The molecule has 2 rings (SSSR count). The summed E-state index contributed by atoms with van der Waals surface area (Å²) in [6.07, 6.45) is 1.10. The molecule has 110 valence electrons. The molecular weight excluding hydrogens is 282 g/mol. The van der Waals surface area contributed by atoms with E-state index in [0.29, 0.717) is 24.9 Å². The van der Waals surface area contributed by atoms with Crippen molar-refractivity contribution < 1.29 is 13.3 Å². The molecule has 1 aromatic carbocycles. The lowest BCUT2D eigenvalue weighted by molar-refractivity contribution is -0.385. The predicted octanol–water partition coefficient (Wildman–Crippen LogP) is 0.879. The van der Waals surface area contributed by atoms with Gasteiger partial charge in [0.15, 0.2) is 0 Å². The van der Waals surface area contributed by atoms with Gasteiger partial charge in [0.1, 0.15) is 0 Å². The molecule has 7 nitrogen and oxygen atoms in total. The molecule has 0 bridgehead atoms. The minimum absolute atomic E-state index is 0.0169. The highest BCUT2D eigenvalue weighted by molar-refractivity contribution is 7.89. The Morgan fingerprint density at radius 1 is 1.50 bits per heavy atom. The van der Waals surface area contributed by atoms with Gasteiger partial charge < -0.3 is 5.73 Å². The van der Waals surface area contributed by atoms with Gasteiger partial charge in [-0.25, -0.2) is 8.42 Å². The molecule has 0 spiro atoms. The van der Waals surface area contributed by atoms with Gasteiger partial charge in [-0.2, -0.15) is 4.31 Å². The highest BCUT2D eigenvalue weighted by Crippen LogP contribution is 2.27. The van der Waals surface area contributed by atoms with Crippen LogP contribution >= 0.6 is 0 Å². The van der Waals surface area contributed by atoms with E-state index in [1.165, 1.54) is 16.4 Å². The first kappa shape index (κ1) is 14.9. The monoisotopic (exact) mass is 299 g/mol. The van der Waals surface area contributed by atoms with Crippen LogP contribution in [0.15, 0.2) is 23.1 Å². The molecule has 1 atom stereocenters. The zero-order chi connectivity index (χ0) is 14.9. The summed E-state index contributed by atoms with van der Waals surface area (Å²) in [5.41, 5.74) is 6.10. The first-order chi connectivity index (χ1) is 9.36. The van der Waals surface area contributed by atoms with Crippen LogP contribution in [0.5, 0.6) is 0 Å². The molecule has 0 unspecified atom stereocenters. The smallest absolute Gasteiger partial charge is 0.270 e. The van der Waals surface area contributed by atoms with Crippen molar-refractivity contribution in [3.8, 4) is 0 Å². The minimum Gasteiger partial charge on any atom is -0.326 e. The third-order valence-corrected chi connectivity index (χ3v) is 5.40. The maximum absolute atomic E-state index is 12.6. The molecule has 1 heterocycles. The van der Waals surface area contributed by atoms with Crippen molar-refractivity contribution in [1.82, 2.24) is 4.31 Å². The third kappa shape index (κ3) is 2.67. The summed E-state index contributed by atoms with van der Waals surface area (Å²) in [6, 6.07) is 3.79. The van der Waals surface area contributed by atoms with Gasteiger partial charge in [-0.05, 0) is 18.4 Å². The Labute approximate surface area is 117 Å². The Hall–Kier alpha value is -1.51. The van der Waals surface area contributed by atoms with Crippen molar-refractivity contribution in [2.24, 2.45) is 5.73 Å². The number of hydrogen-bond acceptors (Lipinski definition) is 5. The van der Waals surface area contributed by atoms with Gasteiger partial charge in [-0.3, -0.25) is 10.1 Å². The van der Waals surface area contributed by atoms with Gasteiger partial charge >= 0.3 is 0 Å². The Morgan fingerprint density at radius 2 is 2.20 bits per heavy atom. The van der Waals surface area contributed by atoms with Gasteiger partial charge in [0, 0.05) is 31.3 Å². The van der Waals surface area contributed by atoms with Crippen molar-refractivity contribution in [3.63, 3.8) is 0 Å². The average molecular weight is 299 g/mol. The number of nitro groups is 1. The van der Waals surface area contributed by atoms with Crippen molar-refractivity contribution in [2.75, 3.05) is 13.1 Å². The van der Waals surface area contributed by atoms with Crippen LogP contribution in [0.1, 0.15) is 18.9 Å². The predicted molar refractivity (Wildman–Crippen MR) is 73.8 cm³/mol.